The lowest BCUT2D eigenvalue weighted by Gasteiger charge is -1.70. The van der Waals surface area contributed by atoms with Gasteiger partial charge in [-0.3, -0.25) is 4.79 Å². The van der Waals surface area contributed by atoms with Gasteiger partial charge in [-0.15, -0.1) is 5.10 Å². The predicted molar refractivity (Wildman–Crippen MR) is 21.1 cm³/mol. The molecule has 0 bridgehead atoms. The fraction of sp³-hybridized carbons (Fsp3) is 0. The SMILES string of the molecule is O=[C]n1ccnn1. The van der Waals surface area contributed by atoms with E-state index >= 15 is 0 Å². The molecular formula is C3H2N3O. The maximum atomic E-state index is 9.60. The lowest BCUT2D eigenvalue weighted by molar-refractivity contribution is 0.538. The van der Waals surface area contributed by atoms with Crippen LogP contribution in [0, 0.1) is 0 Å². The summed E-state index contributed by atoms with van der Waals surface area (Å²) in [7, 11) is 0. The van der Waals surface area contributed by atoms with Gasteiger partial charge in [0.25, 0.3) is 0 Å². The molecule has 0 aliphatic carbocycles. The minimum atomic E-state index is 0.958. The van der Waals surface area contributed by atoms with Crippen LogP contribution < -0.4 is 0 Å². The maximum absolute atomic E-state index is 9.60. The van der Waals surface area contributed by atoms with Gasteiger partial charge in [0.15, 0.2) is 0 Å². The molecule has 1 aromatic heterocycles. The zero-order valence-electron chi connectivity index (χ0n) is 3.40. The minimum absolute atomic E-state index is 0.958. The summed E-state index contributed by atoms with van der Waals surface area (Å²) >= 11 is 0. The quantitative estimate of drug-likeness (QED) is 0.459. The molecular weight excluding hydrogens is 94.1 g/mol. The second-order valence-corrected chi connectivity index (χ2v) is 0.939. The van der Waals surface area contributed by atoms with Gasteiger partial charge in [0.1, 0.15) is 0 Å². The Labute approximate surface area is 39.8 Å². The largest absolute Gasteiger partial charge is 0.340 e. The van der Waals surface area contributed by atoms with Gasteiger partial charge in [-0.1, -0.05) is 5.21 Å². The van der Waals surface area contributed by atoms with Crippen molar-refractivity contribution in [2.45, 2.75) is 0 Å². The standard InChI is InChI=1S/C3H2N3O/c7-3-6-2-1-4-5-6/h1-2H. The van der Waals surface area contributed by atoms with Gasteiger partial charge in [-0.05, 0) is 0 Å². The van der Waals surface area contributed by atoms with Gasteiger partial charge in [0, 0.05) is 0 Å². The van der Waals surface area contributed by atoms with Crippen molar-refractivity contribution in [3.05, 3.63) is 12.4 Å². The zero-order chi connectivity index (χ0) is 5.11. The van der Waals surface area contributed by atoms with Crippen molar-refractivity contribution < 1.29 is 4.79 Å². The van der Waals surface area contributed by atoms with Crippen molar-refractivity contribution in [3.8, 4) is 0 Å². The van der Waals surface area contributed by atoms with E-state index in [-0.39, 0.29) is 0 Å². The van der Waals surface area contributed by atoms with Crippen molar-refractivity contribution in [1.82, 2.24) is 15.0 Å². The van der Waals surface area contributed by atoms with E-state index in [9.17, 15) is 4.79 Å². The van der Waals surface area contributed by atoms with E-state index in [0.717, 1.165) is 4.68 Å². The minimum Gasteiger partial charge on any atom is -0.261 e. The Morgan fingerprint density at radius 2 is 2.57 bits per heavy atom. The highest BCUT2D eigenvalue weighted by Gasteiger charge is 1.81. The number of aromatic nitrogens is 3. The Kier molecular flexibility index (Phi) is 0.856. The van der Waals surface area contributed by atoms with Crippen LogP contribution in [0.15, 0.2) is 12.4 Å². The summed E-state index contributed by atoms with van der Waals surface area (Å²) in [6.07, 6.45) is 4.32. The van der Waals surface area contributed by atoms with Crippen molar-refractivity contribution in [3.63, 3.8) is 0 Å². The van der Waals surface area contributed by atoms with Gasteiger partial charge in [-0.2, -0.15) is 4.68 Å². The summed E-state index contributed by atoms with van der Waals surface area (Å²) in [6, 6.07) is 0. The van der Waals surface area contributed by atoms with E-state index in [1.807, 2.05) is 0 Å². The average molecular weight is 96.1 g/mol. The van der Waals surface area contributed by atoms with Crippen LogP contribution in [0.2, 0.25) is 0 Å². The molecule has 0 aromatic carbocycles. The topological polar surface area (TPSA) is 47.8 Å². The highest BCUT2D eigenvalue weighted by Crippen LogP contribution is 1.67. The second-order valence-electron chi connectivity index (χ2n) is 0.939. The van der Waals surface area contributed by atoms with Gasteiger partial charge < -0.3 is 0 Å². The Hall–Kier alpha value is -1.19. The van der Waals surface area contributed by atoms with E-state index in [4.69, 9.17) is 0 Å². The first-order valence-electron chi connectivity index (χ1n) is 1.68. The maximum Gasteiger partial charge on any atom is 0.340 e. The Morgan fingerprint density at radius 1 is 1.71 bits per heavy atom. The van der Waals surface area contributed by atoms with E-state index in [1.54, 1.807) is 0 Å². The molecule has 7 heavy (non-hydrogen) atoms. The molecule has 0 atom stereocenters. The number of rotatable bonds is 1. The molecule has 0 aliphatic rings. The van der Waals surface area contributed by atoms with E-state index < -0.39 is 0 Å². The zero-order valence-corrected chi connectivity index (χ0v) is 3.40. The number of carbonyl (C=O) groups excluding carboxylic acids is 1. The third-order valence-corrected chi connectivity index (χ3v) is 0.516. The molecule has 0 saturated heterocycles. The van der Waals surface area contributed by atoms with Gasteiger partial charge in [-0.25, -0.2) is 0 Å². The van der Waals surface area contributed by atoms with Crippen LogP contribution in [-0.4, -0.2) is 21.4 Å². The highest BCUT2D eigenvalue weighted by atomic mass is 16.1. The molecule has 0 N–H and O–H groups in total. The molecule has 1 heterocycles. The molecule has 0 saturated carbocycles. The Morgan fingerprint density at radius 3 is 2.86 bits per heavy atom. The smallest absolute Gasteiger partial charge is 0.261 e. The van der Waals surface area contributed by atoms with Gasteiger partial charge >= 0.3 is 6.41 Å². The molecule has 0 amide bonds. The van der Waals surface area contributed by atoms with E-state index in [2.05, 4.69) is 10.3 Å². The van der Waals surface area contributed by atoms with Crippen molar-refractivity contribution >= 4 is 6.41 Å². The summed E-state index contributed by atoms with van der Waals surface area (Å²) in [5.74, 6) is 0. The molecule has 0 fully saturated rings. The van der Waals surface area contributed by atoms with Gasteiger partial charge in [0.2, 0.25) is 0 Å². The third-order valence-electron chi connectivity index (χ3n) is 0.516. The normalized spacial score (nSPS) is 8.57. The lowest BCUT2D eigenvalue weighted by atomic mass is 10.9. The van der Waals surface area contributed by atoms with Crippen LogP contribution in [0.5, 0.6) is 0 Å². The summed E-state index contributed by atoms with van der Waals surface area (Å²) in [4.78, 5) is 9.60. The first-order valence-corrected chi connectivity index (χ1v) is 1.68. The van der Waals surface area contributed by atoms with Crippen LogP contribution >= 0.6 is 0 Å². The second kappa shape index (κ2) is 1.51. The molecule has 1 rings (SSSR count). The molecule has 1 aromatic rings. The first-order chi connectivity index (χ1) is 3.43. The van der Waals surface area contributed by atoms with E-state index in [0.29, 0.717) is 0 Å². The molecule has 0 unspecified atom stereocenters. The summed E-state index contributed by atoms with van der Waals surface area (Å²) < 4.78 is 0.958. The van der Waals surface area contributed by atoms with Crippen LogP contribution in [0.3, 0.4) is 0 Å². The monoisotopic (exact) mass is 96.0 g/mol. The van der Waals surface area contributed by atoms with Crippen molar-refractivity contribution in [2.24, 2.45) is 0 Å². The number of nitrogens with zero attached hydrogens (tertiary/aromatic N) is 3. The van der Waals surface area contributed by atoms with Crippen LogP contribution in [-0.2, 0) is 4.79 Å². The summed E-state index contributed by atoms with van der Waals surface area (Å²) in [6.45, 7) is 0. The average Bonchev–Trinajstić information content (AvgIpc) is 2.14. The molecule has 4 nitrogen and oxygen atoms in total. The summed E-state index contributed by atoms with van der Waals surface area (Å²) in [5, 5.41) is 6.62. The van der Waals surface area contributed by atoms with Gasteiger partial charge in [0.05, 0.1) is 12.4 Å². The fourth-order valence-corrected chi connectivity index (χ4v) is 0.257. The summed E-state index contributed by atoms with van der Waals surface area (Å²) in [5.41, 5.74) is 0. The molecule has 1 radical (unpaired) electrons. The van der Waals surface area contributed by atoms with Crippen LogP contribution in [0.1, 0.15) is 0 Å². The third kappa shape index (κ3) is 0.623. The molecule has 4 heteroatoms. The predicted octanol–water partition coefficient (Wildman–Crippen LogP) is -0.807. The first kappa shape index (κ1) is 3.98. The Balaban J connectivity index is 2.96. The van der Waals surface area contributed by atoms with Crippen LogP contribution in [0.25, 0.3) is 0 Å². The number of hydrogen-bond donors (Lipinski definition) is 0. The molecule has 0 spiro atoms. The fourth-order valence-electron chi connectivity index (χ4n) is 0.257. The van der Waals surface area contributed by atoms with Crippen LogP contribution in [0.4, 0.5) is 0 Å². The van der Waals surface area contributed by atoms with Crippen molar-refractivity contribution in [1.29, 1.82) is 0 Å². The van der Waals surface area contributed by atoms with Crippen molar-refractivity contribution in [2.75, 3.05) is 0 Å². The lowest BCUT2D eigenvalue weighted by Crippen LogP contribution is -1.93. The number of hydrogen-bond acceptors (Lipinski definition) is 3. The molecule has 35 valence electrons. The molecule has 0 aliphatic heterocycles. The highest BCUT2D eigenvalue weighted by molar-refractivity contribution is 5.49. The van der Waals surface area contributed by atoms with E-state index in [1.165, 1.54) is 18.8 Å². The Bertz CT molecular complexity index is 145.